The molecule has 172 valence electrons. The Labute approximate surface area is 190 Å². The molecule has 32 heavy (non-hydrogen) atoms. The van der Waals surface area contributed by atoms with Crippen molar-refractivity contribution < 1.29 is 14.2 Å². The second-order valence-electron chi connectivity index (χ2n) is 8.19. The molecule has 0 fully saturated rings. The van der Waals surface area contributed by atoms with Crippen LogP contribution in [-0.2, 0) is 13.6 Å². The van der Waals surface area contributed by atoms with E-state index in [1.807, 2.05) is 37.4 Å². The highest BCUT2D eigenvalue weighted by molar-refractivity contribution is 5.65. The van der Waals surface area contributed by atoms with Gasteiger partial charge in [-0.25, -0.2) is 9.07 Å². The van der Waals surface area contributed by atoms with Crippen molar-refractivity contribution in [2.24, 2.45) is 7.05 Å². The number of benzene rings is 2. The number of hydrogen-bond acceptors (Lipinski definition) is 4. The first-order valence-corrected chi connectivity index (χ1v) is 11.5. The van der Waals surface area contributed by atoms with Gasteiger partial charge in [0.1, 0.15) is 5.69 Å². The summed E-state index contributed by atoms with van der Waals surface area (Å²) in [6, 6.07) is 16.3. The summed E-state index contributed by atoms with van der Waals surface area (Å²) in [5.41, 5.74) is 2.67. The predicted octanol–water partition coefficient (Wildman–Crippen LogP) is 5.78. The van der Waals surface area contributed by atoms with Crippen molar-refractivity contribution in [3.63, 3.8) is 0 Å². The van der Waals surface area contributed by atoms with E-state index in [0.717, 1.165) is 49.0 Å². The van der Waals surface area contributed by atoms with Gasteiger partial charge in [0.15, 0.2) is 11.6 Å². The molecule has 0 bridgehead atoms. The summed E-state index contributed by atoms with van der Waals surface area (Å²) in [4.78, 5) is 2.23. The van der Waals surface area contributed by atoms with E-state index in [2.05, 4.69) is 18.7 Å². The van der Waals surface area contributed by atoms with Crippen molar-refractivity contribution in [1.82, 2.24) is 14.7 Å². The minimum absolute atomic E-state index is 0.168. The Hall–Kier alpha value is -2.70. The molecule has 1 N–H and O–H groups in total. The maximum absolute atomic E-state index is 14.3. The van der Waals surface area contributed by atoms with Gasteiger partial charge in [-0.15, -0.1) is 0 Å². The maximum atomic E-state index is 14.3. The maximum Gasteiger partial charge on any atom is 0.222 e. The van der Waals surface area contributed by atoms with Crippen molar-refractivity contribution in [3.05, 3.63) is 66.0 Å². The molecular formula is C26H34FN3O2. The summed E-state index contributed by atoms with van der Waals surface area (Å²) in [7, 11) is 1.81. The van der Waals surface area contributed by atoms with Gasteiger partial charge in [0, 0.05) is 25.7 Å². The predicted molar refractivity (Wildman–Crippen MR) is 126 cm³/mol. The first kappa shape index (κ1) is 24.0. The molecule has 1 aromatic heterocycles. The third-order valence-electron chi connectivity index (χ3n) is 5.46. The molecule has 0 amide bonds. The number of para-hydroxylation sites is 1. The van der Waals surface area contributed by atoms with Gasteiger partial charge in [0.2, 0.25) is 5.88 Å². The van der Waals surface area contributed by atoms with Crippen LogP contribution in [0.25, 0.3) is 11.3 Å². The normalized spacial score (nSPS) is 12.3. The van der Waals surface area contributed by atoms with Crippen molar-refractivity contribution in [3.8, 4) is 22.9 Å². The largest absolute Gasteiger partial charge is 0.436 e. The molecule has 5 nitrogen and oxygen atoms in total. The number of hydrogen-bond donors (Lipinski definition) is 1. The van der Waals surface area contributed by atoms with Gasteiger partial charge in [0.25, 0.3) is 0 Å². The molecule has 0 saturated carbocycles. The molecule has 0 radical (unpaired) electrons. The van der Waals surface area contributed by atoms with Gasteiger partial charge in [-0.3, -0.25) is 4.90 Å². The van der Waals surface area contributed by atoms with Crippen LogP contribution < -0.4 is 4.74 Å². The van der Waals surface area contributed by atoms with Gasteiger partial charge >= 0.3 is 0 Å². The molecule has 3 rings (SSSR count). The van der Waals surface area contributed by atoms with E-state index in [0.29, 0.717) is 19.0 Å². The fourth-order valence-electron chi connectivity index (χ4n) is 3.89. The first-order chi connectivity index (χ1) is 15.5. The highest BCUT2D eigenvalue weighted by atomic mass is 19.1. The standard InChI is InChI=1S/C26H34FN3O2/c1-4-6-14-21(31)18-30(17-5-2)19-22-25(20-12-8-7-9-13-20)28-29(3)26(22)32-24-16-11-10-15-23(24)27/h7-13,15-16,21,31H,4-6,14,17-19H2,1-3H3/t21-/m1/s1. The van der Waals surface area contributed by atoms with E-state index in [-0.39, 0.29) is 11.9 Å². The smallest absolute Gasteiger partial charge is 0.222 e. The summed E-state index contributed by atoms with van der Waals surface area (Å²) in [6.07, 6.45) is 3.44. The molecule has 0 aliphatic carbocycles. The number of ether oxygens (including phenoxy) is 1. The zero-order valence-electron chi connectivity index (χ0n) is 19.3. The highest BCUT2D eigenvalue weighted by Gasteiger charge is 2.23. The Morgan fingerprint density at radius 3 is 2.47 bits per heavy atom. The molecule has 0 aliphatic rings. The zero-order valence-corrected chi connectivity index (χ0v) is 19.3. The lowest BCUT2D eigenvalue weighted by Crippen LogP contribution is -2.33. The highest BCUT2D eigenvalue weighted by Crippen LogP contribution is 2.35. The van der Waals surface area contributed by atoms with Crippen LogP contribution in [0.2, 0.25) is 0 Å². The summed E-state index contributed by atoms with van der Waals surface area (Å²) >= 11 is 0. The van der Waals surface area contributed by atoms with E-state index in [4.69, 9.17) is 9.84 Å². The van der Waals surface area contributed by atoms with Crippen LogP contribution in [0.1, 0.15) is 45.1 Å². The fourth-order valence-corrected chi connectivity index (χ4v) is 3.89. The van der Waals surface area contributed by atoms with E-state index in [9.17, 15) is 9.50 Å². The molecule has 6 heteroatoms. The summed E-state index contributed by atoms with van der Waals surface area (Å²) in [5, 5.41) is 15.3. The summed E-state index contributed by atoms with van der Waals surface area (Å²) in [5.74, 6) is 0.265. The van der Waals surface area contributed by atoms with Gasteiger partial charge < -0.3 is 9.84 Å². The molecule has 3 aromatic rings. The number of aliphatic hydroxyl groups excluding tert-OH is 1. The van der Waals surface area contributed by atoms with Crippen LogP contribution in [0.15, 0.2) is 54.6 Å². The third kappa shape index (κ3) is 6.17. The van der Waals surface area contributed by atoms with Crippen LogP contribution >= 0.6 is 0 Å². The summed E-state index contributed by atoms with van der Waals surface area (Å²) in [6.45, 7) is 6.23. The van der Waals surface area contributed by atoms with Crippen molar-refractivity contribution in [2.75, 3.05) is 13.1 Å². The molecule has 1 heterocycles. The van der Waals surface area contributed by atoms with E-state index >= 15 is 0 Å². The average molecular weight is 440 g/mol. The van der Waals surface area contributed by atoms with Gasteiger partial charge in [-0.2, -0.15) is 5.10 Å². The molecule has 0 unspecified atom stereocenters. The van der Waals surface area contributed by atoms with Crippen LogP contribution in [0, 0.1) is 5.82 Å². The van der Waals surface area contributed by atoms with Crippen LogP contribution in [0.5, 0.6) is 11.6 Å². The lowest BCUT2D eigenvalue weighted by molar-refractivity contribution is 0.0992. The third-order valence-corrected chi connectivity index (χ3v) is 5.46. The quantitative estimate of drug-likeness (QED) is 0.389. The second-order valence-corrected chi connectivity index (χ2v) is 8.19. The monoisotopic (exact) mass is 439 g/mol. The number of aryl methyl sites for hydroxylation is 1. The lowest BCUT2D eigenvalue weighted by Gasteiger charge is -2.25. The van der Waals surface area contributed by atoms with E-state index in [1.54, 1.807) is 22.9 Å². The lowest BCUT2D eigenvalue weighted by atomic mass is 10.1. The van der Waals surface area contributed by atoms with Crippen molar-refractivity contribution in [1.29, 1.82) is 0 Å². The minimum atomic E-state index is -0.415. The molecule has 0 saturated heterocycles. The first-order valence-electron chi connectivity index (χ1n) is 11.5. The SMILES string of the molecule is CCCC[C@@H](O)CN(CCC)Cc1c(-c2ccccc2)nn(C)c1Oc1ccccc1F. The van der Waals surface area contributed by atoms with Crippen LogP contribution in [-0.4, -0.2) is 39.0 Å². The van der Waals surface area contributed by atoms with Crippen LogP contribution in [0.4, 0.5) is 4.39 Å². The molecule has 1 atom stereocenters. The second kappa shape index (κ2) is 11.8. The van der Waals surface area contributed by atoms with Crippen molar-refractivity contribution >= 4 is 0 Å². The molecule has 0 spiro atoms. The number of unbranched alkanes of at least 4 members (excludes halogenated alkanes) is 1. The summed E-state index contributed by atoms with van der Waals surface area (Å²) < 4.78 is 22.1. The number of nitrogens with zero attached hydrogens (tertiary/aromatic N) is 3. The van der Waals surface area contributed by atoms with Crippen LogP contribution in [0.3, 0.4) is 0 Å². The zero-order chi connectivity index (χ0) is 22.9. The Kier molecular flexibility index (Phi) is 8.82. The van der Waals surface area contributed by atoms with Gasteiger partial charge in [-0.05, 0) is 31.5 Å². The Bertz CT molecular complexity index is 974. The number of aliphatic hydroxyl groups is 1. The molecule has 0 aliphatic heterocycles. The Morgan fingerprint density at radius 1 is 1.06 bits per heavy atom. The number of rotatable bonds is 12. The van der Waals surface area contributed by atoms with E-state index in [1.165, 1.54) is 6.07 Å². The Morgan fingerprint density at radius 2 is 1.78 bits per heavy atom. The fraction of sp³-hybridized carbons (Fsp3) is 0.423. The average Bonchev–Trinajstić information content (AvgIpc) is 3.09. The van der Waals surface area contributed by atoms with Gasteiger partial charge in [-0.1, -0.05) is 69.2 Å². The molecular weight excluding hydrogens is 405 g/mol. The topological polar surface area (TPSA) is 50.5 Å². The minimum Gasteiger partial charge on any atom is -0.436 e. The Balaban J connectivity index is 1.97. The number of halogens is 1. The van der Waals surface area contributed by atoms with Crippen molar-refractivity contribution in [2.45, 2.75) is 52.2 Å². The van der Waals surface area contributed by atoms with Gasteiger partial charge in [0.05, 0.1) is 11.7 Å². The number of aromatic nitrogens is 2. The van der Waals surface area contributed by atoms with E-state index < -0.39 is 5.82 Å². The molecule has 2 aromatic carbocycles.